The Labute approximate surface area is 148 Å². The van der Waals surface area contributed by atoms with Gasteiger partial charge in [-0.3, -0.25) is 4.79 Å². The fourth-order valence-electron chi connectivity index (χ4n) is 2.21. The molecule has 0 aliphatic heterocycles. The van der Waals surface area contributed by atoms with E-state index < -0.39 is 0 Å². The molecule has 1 N–H and O–H groups in total. The van der Waals surface area contributed by atoms with Gasteiger partial charge in [0, 0.05) is 33.6 Å². The second kappa shape index (κ2) is 7.19. The minimum Gasteiger partial charge on any atom is -0.348 e. The van der Waals surface area contributed by atoms with E-state index in [9.17, 15) is 4.79 Å². The number of rotatable bonds is 5. The maximum Gasteiger partial charge on any atom is 0.291 e. The molecule has 0 spiro atoms. The number of fused-ring (bicyclic) bond motifs is 1. The molecule has 6 nitrogen and oxygen atoms in total. The Kier molecular flexibility index (Phi) is 5.01. The number of nitrogens with zero attached hydrogens (tertiary/aromatic N) is 4. The van der Waals surface area contributed by atoms with Crippen molar-refractivity contribution < 1.29 is 4.79 Å². The van der Waals surface area contributed by atoms with Crippen LogP contribution < -0.4 is 5.32 Å². The highest BCUT2D eigenvalue weighted by Crippen LogP contribution is 2.19. The summed E-state index contributed by atoms with van der Waals surface area (Å²) in [6.45, 7) is 4.31. The van der Waals surface area contributed by atoms with Crippen molar-refractivity contribution in [3.8, 4) is 0 Å². The molecule has 0 radical (unpaired) electrons. The molecule has 124 valence electrons. The number of carbonyl (C=O) groups excluding carboxylic acids is 1. The summed E-state index contributed by atoms with van der Waals surface area (Å²) in [7, 11) is 0. The normalized spacial score (nSPS) is 11.0. The zero-order valence-electron chi connectivity index (χ0n) is 13.3. The molecule has 0 aliphatic rings. The van der Waals surface area contributed by atoms with Gasteiger partial charge in [-0.05, 0) is 44.2 Å². The molecule has 2 aromatic heterocycles. The highest BCUT2D eigenvalue weighted by molar-refractivity contribution is 7.99. The molecule has 0 saturated heterocycles. The fourth-order valence-corrected chi connectivity index (χ4v) is 3.10. The Morgan fingerprint density at radius 1 is 1.25 bits per heavy atom. The van der Waals surface area contributed by atoms with Crippen LogP contribution in [0.2, 0.25) is 5.02 Å². The van der Waals surface area contributed by atoms with E-state index in [4.69, 9.17) is 11.6 Å². The van der Waals surface area contributed by atoms with Crippen LogP contribution in [0, 0.1) is 13.8 Å². The van der Waals surface area contributed by atoms with Gasteiger partial charge >= 0.3 is 0 Å². The maximum absolute atomic E-state index is 12.2. The molecule has 3 aromatic rings. The molecule has 2 heterocycles. The van der Waals surface area contributed by atoms with E-state index in [0.717, 1.165) is 22.0 Å². The third-order valence-corrected chi connectivity index (χ3v) is 4.56. The number of hydrogen-bond donors (Lipinski definition) is 1. The number of halogens is 1. The topological polar surface area (TPSA) is 72.2 Å². The van der Waals surface area contributed by atoms with Gasteiger partial charge in [-0.2, -0.15) is 4.98 Å². The number of hydrogen-bond acceptors (Lipinski definition) is 5. The number of nitrogens with one attached hydrogen (secondary N) is 1. The number of benzene rings is 1. The molecule has 0 fully saturated rings. The van der Waals surface area contributed by atoms with E-state index in [-0.39, 0.29) is 11.7 Å². The molecule has 0 atom stereocenters. The van der Waals surface area contributed by atoms with Gasteiger partial charge in [-0.25, -0.2) is 9.50 Å². The molecule has 0 bridgehead atoms. The summed E-state index contributed by atoms with van der Waals surface area (Å²) in [5.41, 5.74) is 1.74. The van der Waals surface area contributed by atoms with Crippen molar-refractivity contribution >= 4 is 35.0 Å². The van der Waals surface area contributed by atoms with Gasteiger partial charge in [-0.1, -0.05) is 11.6 Å². The first kappa shape index (κ1) is 16.7. The van der Waals surface area contributed by atoms with E-state index in [2.05, 4.69) is 20.4 Å². The van der Waals surface area contributed by atoms with Crippen LogP contribution in [0.5, 0.6) is 0 Å². The predicted octanol–water partition coefficient (Wildman–Crippen LogP) is 2.92. The lowest BCUT2D eigenvalue weighted by atomic mass is 10.4. The van der Waals surface area contributed by atoms with E-state index >= 15 is 0 Å². The van der Waals surface area contributed by atoms with Crippen molar-refractivity contribution in [1.29, 1.82) is 0 Å². The number of aryl methyl sites for hydroxylation is 2. The average molecular weight is 362 g/mol. The summed E-state index contributed by atoms with van der Waals surface area (Å²) in [5.74, 6) is 1.02. The van der Waals surface area contributed by atoms with Gasteiger partial charge in [-0.15, -0.1) is 16.9 Å². The van der Waals surface area contributed by atoms with Crippen LogP contribution in [0.25, 0.3) is 5.78 Å². The standard InChI is InChI=1S/C16H16ClN5OS/c1-10-9-11(2)22-16(19-10)20-14(21-22)15(23)18-7-8-24-13-5-3-12(17)4-6-13/h3-6,9H,7-8H2,1-2H3,(H,18,23). The van der Waals surface area contributed by atoms with Crippen molar-refractivity contribution in [1.82, 2.24) is 24.9 Å². The minimum atomic E-state index is -0.297. The molecule has 1 amide bonds. The van der Waals surface area contributed by atoms with Crippen molar-refractivity contribution in [3.63, 3.8) is 0 Å². The second-order valence-corrected chi connectivity index (χ2v) is 6.85. The zero-order chi connectivity index (χ0) is 17.1. The van der Waals surface area contributed by atoms with E-state index in [1.54, 1.807) is 16.3 Å². The average Bonchev–Trinajstić information content (AvgIpc) is 2.97. The van der Waals surface area contributed by atoms with Gasteiger partial charge < -0.3 is 5.32 Å². The molecule has 0 aliphatic carbocycles. The smallest absolute Gasteiger partial charge is 0.291 e. The van der Waals surface area contributed by atoms with Crippen LogP contribution in [-0.2, 0) is 0 Å². The minimum absolute atomic E-state index is 0.132. The first-order valence-corrected chi connectivity index (χ1v) is 8.77. The first-order chi connectivity index (χ1) is 11.5. The quantitative estimate of drug-likeness (QED) is 0.558. The van der Waals surface area contributed by atoms with Crippen molar-refractivity contribution in [3.05, 3.63) is 52.6 Å². The molecule has 0 unspecified atom stereocenters. The van der Waals surface area contributed by atoms with Crippen LogP contribution in [-0.4, -0.2) is 37.8 Å². The number of carbonyl (C=O) groups is 1. The Bertz CT molecular complexity index is 878. The van der Waals surface area contributed by atoms with E-state index in [1.807, 2.05) is 44.2 Å². The molecule has 8 heteroatoms. The molecule has 3 rings (SSSR count). The summed E-state index contributed by atoms with van der Waals surface area (Å²) in [4.78, 5) is 21.7. The number of thioether (sulfide) groups is 1. The fraction of sp³-hybridized carbons (Fsp3) is 0.250. The number of amides is 1. The zero-order valence-corrected chi connectivity index (χ0v) is 14.9. The molecule has 1 aromatic carbocycles. The lowest BCUT2D eigenvalue weighted by molar-refractivity contribution is 0.0946. The van der Waals surface area contributed by atoms with Crippen LogP contribution in [0.4, 0.5) is 0 Å². The van der Waals surface area contributed by atoms with E-state index in [1.165, 1.54) is 0 Å². The summed E-state index contributed by atoms with van der Waals surface area (Å²) in [5, 5.41) is 7.75. The second-order valence-electron chi connectivity index (χ2n) is 5.24. The van der Waals surface area contributed by atoms with Gasteiger partial charge in [0.2, 0.25) is 5.82 Å². The van der Waals surface area contributed by atoms with E-state index in [0.29, 0.717) is 17.3 Å². The SMILES string of the molecule is Cc1cc(C)n2nc(C(=O)NCCSc3ccc(Cl)cc3)nc2n1. The Morgan fingerprint density at radius 3 is 2.75 bits per heavy atom. The van der Waals surface area contributed by atoms with Crippen LogP contribution in [0.15, 0.2) is 35.2 Å². The summed E-state index contributed by atoms with van der Waals surface area (Å²) in [6.07, 6.45) is 0. The monoisotopic (exact) mass is 361 g/mol. The van der Waals surface area contributed by atoms with Crippen molar-refractivity contribution in [2.24, 2.45) is 0 Å². The maximum atomic E-state index is 12.2. The summed E-state index contributed by atoms with van der Waals surface area (Å²) < 4.78 is 1.57. The van der Waals surface area contributed by atoms with Gasteiger partial charge in [0.15, 0.2) is 0 Å². The Morgan fingerprint density at radius 2 is 2.00 bits per heavy atom. The Balaban J connectivity index is 1.57. The largest absolute Gasteiger partial charge is 0.348 e. The third kappa shape index (κ3) is 3.85. The van der Waals surface area contributed by atoms with Crippen LogP contribution in [0.1, 0.15) is 22.0 Å². The highest BCUT2D eigenvalue weighted by atomic mass is 35.5. The molecular weight excluding hydrogens is 346 g/mol. The highest BCUT2D eigenvalue weighted by Gasteiger charge is 2.14. The molecular formula is C16H16ClN5OS. The summed E-state index contributed by atoms with van der Waals surface area (Å²) >= 11 is 7.49. The lowest BCUT2D eigenvalue weighted by Gasteiger charge is -2.03. The lowest BCUT2D eigenvalue weighted by Crippen LogP contribution is -2.26. The third-order valence-electron chi connectivity index (χ3n) is 3.29. The summed E-state index contributed by atoms with van der Waals surface area (Å²) in [6, 6.07) is 9.50. The molecule has 0 saturated carbocycles. The number of aromatic nitrogens is 4. The van der Waals surface area contributed by atoms with Gasteiger partial charge in [0.05, 0.1) is 0 Å². The van der Waals surface area contributed by atoms with Crippen LogP contribution >= 0.6 is 23.4 Å². The van der Waals surface area contributed by atoms with Gasteiger partial charge in [0.1, 0.15) is 0 Å². The predicted molar refractivity (Wildman–Crippen MR) is 94.8 cm³/mol. The Hall–Kier alpha value is -2.12. The van der Waals surface area contributed by atoms with Crippen molar-refractivity contribution in [2.45, 2.75) is 18.7 Å². The first-order valence-electron chi connectivity index (χ1n) is 7.40. The van der Waals surface area contributed by atoms with Crippen molar-refractivity contribution in [2.75, 3.05) is 12.3 Å². The van der Waals surface area contributed by atoms with Crippen LogP contribution in [0.3, 0.4) is 0 Å². The molecule has 24 heavy (non-hydrogen) atoms. The van der Waals surface area contributed by atoms with Gasteiger partial charge in [0.25, 0.3) is 11.7 Å².